The summed E-state index contributed by atoms with van der Waals surface area (Å²) in [5.41, 5.74) is 1.28. The van der Waals surface area contributed by atoms with Crippen LogP contribution in [0.25, 0.3) is 0 Å². The molecule has 0 aromatic carbocycles. The van der Waals surface area contributed by atoms with Crippen LogP contribution in [-0.4, -0.2) is 4.98 Å². The molecule has 1 aromatic heterocycles. The van der Waals surface area contributed by atoms with E-state index in [1.807, 2.05) is 36.9 Å². The SMILES string of the molecule is C1=CC(c2ccncc2)C=CN1. The topological polar surface area (TPSA) is 24.9 Å². The molecule has 0 saturated carbocycles. The number of hydrogen-bond donors (Lipinski definition) is 1. The van der Waals surface area contributed by atoms with Crippen molar-refractivity contribution in [1.29, 1.82) is 0 Å². The van der Waals surface area contributed by atoms with Gasteiger partial charge in [-0.05, 0) is 30.1 Å². The molecule has 0 spiro atoms. The van der Waals surface area contributed by atoms with Crippen molar-refractivity contribution in [3.63, 3.8) is 0 Å². The Morgan fingerprint density at radius 2 is 1.75 bits per heavy atom. The summed E-state index contributed by atoms with van der Waals surface area (Å²) in [4.78, 5) is 3.98. The molecule has 0 bridgehead atoms. The molecule has 1 aliphatic heterocycles. The van der Waals surface area contributed by atoms with Crippen LogP contribution in [0.3, 0.4) is 0 Å². The smallest absolute Gasteiger partial charge is 0.0270 e. The molecular weight excluding hydrogens is 148 g/mol. The molecule has 1 aromatic rings. The maximum absolute atomic E-state index is 3.98. The number of dihydropyridines is 1. The van der Waals surface area contributed by atoms with Crippen LogP contribution in [0.5, 0.6) is 0 Å². The van der Waals surface area contributed by atoms with Gasteiger partial charge in [0.15, 0.2) is 0 Å². The third-order valence-corrected chi connectivity index (χ3v) is 1.89. The fourth-order valence-electron chi connectivity index (χ4n) is 1.25. The van der Waals surface area contributed by atoms with Gasteiger partial charge in [0.05, 0.1) is 0 Å². The number of nitrogens with zero attached hydrogens (tertiary/aromatic N) is 1. The Balaban J connectivity index is 2.25. The van der Waals surface area contributed by atoms with Crippen LogP contribution in [0.1, 0.15) is 11.5 Å². The van der Waals surface area contributed by atoms with Crippen LogP contribution in [0, 0.1) is 0 Å². The van der Waals surface area contributed by atoms with Crippen molar-refractivity contribution in [1.82, 2.24) is 10.3 Å². The van der Waals surface area contributed by atoms with Crippen LogP contribution in [0.4, 0.5) is 0 Å². The molecule has 2 rings (SSSR count). The maximum Gasteiger partial charge on any atom is 0.0270 e. The third kappa shape index (κ3) is 1.37. The highest BCUT2D eigenvalue weighted by atomic mass is 14.8. The number of hydrogen-bond acceptors (Lipinski definition) is 2. The second kappa shape index (κ2) is 3.22. The largest absolute Gasteiger partial charge is 0.368 e. The number of nitrogens with one attached hydrogen (secondary N) is 1. The Kier molecular flexibility index (Phi) is 1.90. The lowest BCUT2D eigenvalue weighted by molar-refractivity contribution is 0.989. The van der Waals surface area contributed by atoms with Crippen molar-refractivity contribution in [2.75, 3.05) is 0 Å². The first-order valence-corrected chi connectivity index (χ1v) is 3.96. The molecule has 1 N–H and O–H groups in total. The molecule has 0 aliphatic carbocycles. The normalized spacial score (nSPS) is 16.0. The first-order valence-electron chi connectivity index (χ1n) is 3.96. The summed E-state index contributed by atoms with van der Waals surface area (Å²) >= 11 is 0. The van der Waals surface area contributed by atoms with E-state index in [-0.39, 0.29) is 0 Å². The Labute approximate surface area is 71.6 Å². The minimum Gasteiger partial charge on any atom is -0.368 e. The van der Waals surface area contributed by atoms with Gasteiger partial charge in [-0.1, -0.05) is 12.2 Å². The molecule has 0 unspecified atom stereocenters. The van der Waals surface area contributed by atoms with Gasteiger partial charge in [-0.15, -0.1) is 0 Å². The van der Waals surface area contributed by atoms with E-state index >= 15 is 0 Å². The Morgan fingerprint density at radius 3 is 2.42 bits per heavy atom. The first kappa shape index (κ1) is 7.10. The van der Waals surface area contributed by atoms with E-state index in [0.29, 0.717) is 5.92 Å². The highest BCUT2D eigenvalue weighted by Crippen LogP contribution is 2.18. The van der Waals surface area contributed by atoms with Gasteiger partial charge >= 0.3 is 0 Å². The van der Waals surface area contributed by atoms with Crippen molar-refractivity contribution in [3.8, 4) is 0 Å². The molecule has 0 amide bonds. The molecule has 0 radical (unpaired) electrons. The first-order chi connectivity index (χ1) is 5.97. The molecule has 0 atom stereocenters. The summed E-state index contributed by atoms with van der Waals surface area (Å²) < 4.78 is 0. The predicted molar refractivity (Wildman–Crippen MR) is 48.4 cm³/mol. The van der Waals surface area contributed by atoms with E-state index in [0.717, 1.165) is 0 Å². The highest BCUT2D eigenvalue weighted by molar-refractivity contribution is 5.28. The second-order valence-corrected chi connectivity index (χ2v) is 2.69. The molecule has 60 valence electrons. The number of aromatic nitrogens is 1. The third-order valence-electron chi connectivity index (χ3n) is 1.89. The van der Waals surface area contributed by atoms with Gasteiger partial charge in [-0.25, -0.2) is 0 Å². The van der Waals surface area contributed by atoms with Crippen LogP contribution < -0.4 is 5.32 Å². The summed E-state index contributed by atoms with van der Waals surface area (Å²) in [7, 11) is 0. The summed E-state index contributed by atoms with van der Waals surface area (Å²) in [6.45, 7) is 0. The van der Waals surface area contributed by atoms with E-state index in [1.165, 1.54) is 5.56 Å². The zero-order chi connectivity index (χ0) is 8.23. The highest BCUT2D eigenvalue weighted by Gasteiger charge is 2.04. The van der Waals surface area contributed by atoms with Crippen LogP contribution >= 0.6 is 0 Å². The molecule has 0 saturated heterocycles. The molecular formula is C10H10N2. The zero-order valence-corrected chi connectivity index (χ0v) is 6.64. The monoisotopic (exact) mass is 158 g/mol. The Hall–Kier alpha value is -1.57. The van der Waals surface area contributed by atoms with E-state index < -0.39 is 0 Å². The van der Waals surface area contributed by atoms with Crippen LogP contribution in [0.2, 0.25) is 0 Å². The quantitative estimate of drug-likeness (QED) is 0.674. The lowest BCUT2D eigenvalue weighted by Gasteiger charge is -2.10. The van der Waals surface area contributed by atoms with E-state index in [2.05, 4.69) is 22.5 Å². The minimum atomic E-state index is 0.397. The van der Waals surface area contributed by atoms with Gasteiger partial charge in [0.2, 0.25) is 0 Å². The Morgan fingerprint density at radius 1 is 1.08 bits per heavy atom. The van der Waals surface area contributed by atoms with Gasteiger partial charge in [0.1, 0.15) is 0 Å². The standard InChI is InChI=1S/C10H10N2/c1-5-11-6-2-9(1)10-3-7-12-8-4-10/h1-9,11H. The predicted octanol–water partition coefficient (Wildman–Crippen LogP) is 1.80. The molecule has 12 heavy (non-hydrogen) atoms. The average molecular weight is 158 g/mol. The van der Waals surface area contributed by atoms with Gasteiger partial charge in [0.25, 0.3) is 0 Å². The minimum absolute atomic E-state index is 0.397. The maximum atomic E-state index is 3.98. The second-order valence-electron chi connectivity index (χ2n) is 2.69. The summed E-state index contributed by atoms with van der Waals surface area (Å²) in [6, 6.07) is 4.06. The number of allylic oxidation sites excluding steroid dienone is 2. The number of pyridine rings is 1. The van der Waals surface area contributed by atoms with E-state index in [9.17, 15) is 0 Å². The van der Waals surface area contributed by atoms with Gasteiger partial charge in [-0.3, -0.25) is 4.98 Å². The van der Waals surface area contributed by atoms with E-state index in [4.69, 9.17) is 0 Å². The average Bonchev–Trinajstić information content (AvgIpc) is 2.21. The van der Waals surface area contributed by atoms with Crippen LogP contribution in [0.15, 0.2) is 49.1 Å². The molecule has 1 aliphatic rings. The van der Waals surface area contributed by atoms with Gasteiger partial charge in [-0.2, -0.15) is 0 Å². The lowest BCUT2D eigenvalue weighted by Crippen LogP contribution is -2.02. The number of rotatable bonds is 1. The summed E-state index contributed by atoms with van der Waals surface area (Å²) in [5, 5.41) is 3.01. The van der Waals surface area contributed by atoms with Gasteiger partial charge in [0, 0.05) is 18.3 Å². The van der Waals surface area contributed by atoms with Crippen molar-refractivity contribution >= 4 is 0 Å². The lowest BCUT2D eigenvalue weighted by atomic mass is 9.99. The molecule has 2 heteroatoms. The van der Waals surface area contributed by atoms with Crippen molar-refractivity contribution in [3.05, 3.63) is 54.6 Å². The fourth-order valence-corrected chi connectivity index (χ4v) is 1.25. The van der Waals surface area contributed by atoms with Crippen molar-refractivity contribution in [2.45, 2.75) is 5.92 Å². The van der Waals surface area contributed by atoms with Crippen LogP contribution in [-0.2, 0) is 0 Å². The summed E-state index contributed by atoms with van der Waals surface area (Å²) in [5.74, 6) is 0.397. The fraction of sp³-hybridized carbons (Fsp3) is 0.100. The molecule has 0 fully saturated rings. The molecule has 2 heterocycles. The molecule has 2 nitrogen and oxygen atoms in total. The van der Waals surface area contributed by atoms with E-state index in [1.54, 1.807) is 0 Å². The van der Waals surface area contributed by atoms with Crippen molar-refractivity contribution < 1.29 is 0 Å². The Bertz CT molecular complexity index is 289. The van der Waals surface area contributed by atoms with Gasteiger partial charge < -0.3 is 5.32 Å². The zero-order valence-electron chi connectivity index (χ0n) is 6.64. The van der Waals surface area contributed by atoms with Crippen molar-refractivity contribution in [2.24, 2.45) is 0 Å². The summed E-state index contributed by atoms with van der Waals surface area (Å²) in [6.07, 6.45) is 11.8.